The van der Waals surface area contributed by atoms with Gasteiger partial charge < -0.3 is 20.1 Å². The summed E-state index contributed by atoms with van der Waals surface area (Å²) in [7, 11) is 3.39. The highest BCUT2D eigenvalue weighted by Gasteiger charge is 2.03. The van der Waals surface area contributed by atoms with E-state index in [-0.39, 0.29) is 0 Å². The Kier molecular flexibility index (Phi) is 6.68. The molecular weight excluding hydrogens is 312 g/mol. The Balaban J connectivity index is 1.68. The van der Waals surface area contributed by atoms with E-state index < -0.39 is 0 Å². The quantitative estimate of drug-likeness (QED) is 0.462. The summed E-state index contributed by atoms with van der Waals surface area (Å²) in [5.74, 6) is 2.38. The van der Waals surface area contributed by atoms with Crippen molar-refractivity contribution in [2.45, 2.75) is 13.5 Å². The van der Waals surface area contributed by atoms with E-state index >= 15 is 0 Å². The molecule has 0 aliphatic heterocycles. The first-order valence-corrected chi connectivity index (χ1v) is 8.21. The highest BCUT2D eigenvalue weighted by atomic mass is 32.1. The molecule has 0 aliphatic rings. The lowest BCUT2D eigenvalue weighted by molar-refractivity contribution is 0.321. The Labute approximate surface area is 140 Å². The molecule has 2 rings (SSSR count). The topological polar surface area (TPSA) is 67.8 Å². The van der Waals surface area contributed by atoms with Crippen LogP contribution in [0.1, 0.15) is 10.6 Å². The number of aromatic nitrogens is 1. The maximum atomic E-state index is 5.66. The van der Waals surface area contributed by atoms with E-state index in [1.54, 1.807) is 25.5 Å². The van der Waals surface area contributed by atoms with Crippen LogP contribution in [0, 0.1) is 6.92 Å². The van der Waals surface area contributed by atoms with Gasteiger partial charge in [-0.05, 0) is 31.2 Å². The molecule has 1 aromatic heterocycles. The fraction of sp³-hybridized carbons (Fsp3) is 0.375. The van der Waals surface area contributed by atoms with Gasteiger partial charge in [-0.2, -0.15) is 0 Å². The lowest BCUT2D eigenvalue weighted by Crippen LogP contribution is -2.38. The first kappa shape index (κ1) is 17.1. The van der Waals surface area contributed by atoms with Crippen LogP contribution in [0.2, 0.25) is 0 Å². The van der Waals surface area contributed by atoms with Crippen LogP contribution in [0.5, 0.6) is 11.5 Å². The van der Waals surface area contributed by atoms with Crippen molar-refractivity contribution in [3.63, 3.8) is 0 Å². The van der Waals surface area contributed by atoms with E-state index in [2.05, 4.69) is 20.6 Å². The first-order chi connectivity index (χ1) is 11.2. The highest BCUT2D eigenvalue weighted by Crippen LogP contribution is 2.16. The van der Waals surface area contributed by atoms with E-state index in [9.17, 15) is 0 Å². The van der Waals surface area contributed by atoms with E-state index in [0.29, 0.717) is 13.2 Å². The van der Waals surface area contributed by atoms with Crippen molar-refractivity contribution in [2.24, 2.45) is 4.99 Å². The third kappa shape index (κ3) is 5.45. The van der Waals surface area contributed by atoms with Crippen molar-refractivity contribution in [1.29, 1.82) is 0 Å². The zero-order valence-corrected chi connectivity index (χ0v) is 14.4. The number of benzene rings is 1. The summed E-state index contributed by atoms with van der Waals surface area (Å²) in [6.45, 7) is 3.93. The molecular formula is C16H22N4O2S. The van der Waals surface area contributed by atoms with Crippen molar-refractivity contribution in [3.8, 4) is 11.5 Å². The summed E-state index contributed by atoms with van der Waals surface area (Å²) < 4.78 is 10.8. The third-order valence-electron chi connectivity index (χ3n) is 3.21. The standard InChI is InChI=1S/C16H22N4O2S/c1-12-15(23-11-20-12)10-19-16(17-2)18-8-9-22-14-6-4-13(21-3)5-7-14/h4-7,11H,8-10H2,1-3H3,(H2,17,18,19). The van der Waals surface area contributed by atoms with Crippen molar-refractivity contribution >= 4 is 17.3 Å². The Bertz CT molecular complexity index is 625. The van der Waals surface area contributed by atoms with Crippen LogP contribution >= 0.6 is 11.3 Å². The number of hydrogen-bond donors (Lipinski definition) is 2. The van der Waals surface area contributed by atoms with Crippen molar-refractivity contribution in [3.05, 3.63) is 40.3 Å². The van der Waals surface area contributed by atoms with Gasteiger partial charge in [-0.3, -0.25) is 4.99 Å². The second-order valence-corrected chi connectivity index (χ2v) is 5.68. The molecule has 0 atom stereocenters. The van der Waals surface area contributed by atoms with Gasteiger partial charge in [-0.1, -0.05) is 0 Å². The van der Waals surface area contributed by atoms with Gasteiger partial charge in [0.2, 0.25) is 0 Å². The van der Waals surface area contributed by atoms with Gasteiger partial charge >= 0.3 is 0 Å². The number of rotatable bonds is 7. The molecule has 0 saturated heterocycles. The van der Waals surface area contributed by atoms with Gasteiger partial charge in [0.15, 0.2) is 5.96 Å². The second-order valence-electron chi connectivity index (χ2n) is 4.74. The SMILES string of the molecule is CN=C(NCCOc1ccc(OC)cc1)NCc1scnc1C. The summed E-state index contributed by atoms with van der Waals surface area (Å²) in [5, 5.41) is 6.48. The molecule has 2 aromatic rings. The Morgan fingerprint density at radius 1 is 1.22 bits per heavy atom. The summed E-state index contributed by atoms with van der Waals surface area (Å²) in [5.41, 5.74) is 2.91. The number of nitrogens with zero attached hydrogens (tertiary/aromatic N) is 2. The van der Waals surface area contributed by atoms with Crippen LogP contribution in [-0.4, -0.2) is 38.3 Å². The predicted molar refractivity (Wildman–Crippen MR) is 93.5 cm³/mol. The van der Waals surface area contributed by atoms with Gasteiger partial charge in [0.25, 0.3) is 0 Å². The van der Waals surface area contributed by atoms with Gasteiger partial charge in [0.05, 0.1) is 31.4 Å². The number of aryl methyl sites for hydroxylation is 1. The molecule has 2 N–H and O–H groups in total. The maximum Gasteiger partial charge on any atom is 0.191 e. The molecule has 7 heteroatoms. The normalized spacial score (nSPS) is 11.2. The lowest BCUT2D eigenvalue weighted by Gasteiger charge is -2.12. The largest absolute Gasteiger partial charge is 0.497 e. The highest BCUT2D eigenvalue weighted by molar-refractivity contribution is 7.09. The number of thiazole rings is 1. The molecule has 0 bridgehead atoms. The first-order valence-electron chi connectivity index (χ1n) is 7.33. The zero-order valence-electron chi connectivity index (χ0n) is 13.6. The van der Waals surface area contributed by atoms with Crippen molar-refractivity contribution < 1.29 is 9.47 Å². The molecule has 23 heavy (non-hydrogen) atoms. The summed E-state index contributed by atoms with van der Waals surface area (Å²) >= 11 is 1.64. The number of hydrogen-bond acceptors (Lipinski definition) is 5. The fourth-order valence-electron chi connectivity index (χ4n) is 1.89. The molecule has 0 aliphatic carbocycles. The predicted octanol–water partition coefficient (Wildman–Crippen LogP) is 2.20. The minimum absolute atomic E-state index is 0.548. The zero-order chi connectivity index (χ0) is 16.5. The average Bonchev–Trinajstić information content (AvgIpc) is 3.00. The third-order valence-corrected chi connectivity index (χ3v) is 4.14. The smallest absolute Gasteiger partial charge is 0.191 e. The number of ether oxygens (including phenoxy) is 2. The van der Waals surface area contributed by atoms with E-state index in [1.165, 1.54) is 4.88 Å². The maximum absolute atomic E-state index is 5.66. The van der Waals surface area contributed by atoms with Crippen LogP contribution in [0.3, 0.4) is 0 Å². The molecule has 124 valence electrons. The van der Waals surface area contributed by atoms with Gasteiger partial charge in [-0.25, -0.2) is 4.98 Å². The van der Waals surface area contributed by atoms with Crippen LogP contribution in [-0.2, 0) is 6.54 Å². The number of nitrogens with one attached hydrogen (secondary N) is 2. The molecule has 1 aromatic carbocycles. The minimum atomic E-state index is 0.548. The molecule has 0 saturated carbocycles. The van der Waals surface area contributed by atoms with E-state index in [4.69, 9.17) is 9.47 Å². The molecule has 0 fully saturated rings. The van der Waals surface area contributed by atoms with Crippen molar-refractivity contribution in [1.82, 2.24) is 15.6 Å². The van der Waals surface area contributed by atoms with Gasteiger partial charge in [-0.15, -0.1) is 11.3 Å². The summed E-state index contributed by atoms with van der Waals surface area (Å²) in [6, 6.07) is 7.53. The Morgan fingerprint density at radius 2 is 1.96 bits per heavy atom. The second kappa shape index (κ2) is 8.99. The Morgan fingerprint density at radius 3 is 2.57 bits per heavy atom. The number of aliphatic imine (C=N–C) groups is 1. The molecule has 6 nitrogen and oxygen atoms in total. The lowest BCUT2D eigenvalue weighted by atomic mass is 10.3. The van der Waals surface area contributed by atoms with Crippen LogP contribution in [0.15, 0.2) is 34.8 Å². The molecule has 0 unspecified atom stereocenters. The average molecular weight is 334 g/mol. The summed E-state index contributed by atoms with van der Waals surface area (Å²) in [6.07, 6.45) is 0. The number of methoxy groups -OCH3 is 1. The van der Waals surface area contributed by atoms with Gasteiger partial charge in [0.1, 0.15) is 18.1 Å². The Hall–Kier alpha value is -2.28. The molecule has 0 spiro atoms. The van der Waals surface area contributed by atoms with Gasteiger partial charge in [0, 0.05) is 11.9 Å². The molecule has 1 heterocycles. The van der Waals surface area contributed by atoms with Crippen LogP contribution in [0.25, 0.3) is 0 Å². The molecule has 0 radical (unpaired) electrons. The van der Waals surface area contributed by atoms with Crippen molar-refractivity contribution in [2.75, 3.05) is 27.3 Å². The van der Waals surface area contributed by atoms with E-state index in [1.807, 2.05) is 36.7 Å². The van der Waals surface area contributed by atoms with E-state index in [0.717, 1.165) is 29.7 Å². The van der Waals surface area contributed by atoms with Crippen LogP contribution < -0.4 is 20.1 Å². The molecule has 0 amide bonds. The monoisotopic (exact) mass is 334 g/mol. The van der Waals surface area contributed by atoms with Crippen LogP contribution in [0.4, 0.5) is 0 Å². The fourth-order valence-corrected chi connectivity index (χ4v) is 2.61. The number of guanidine groups is 1. The summed E-state index contributed by atoms with van der Waals surface area (Å²) in [4.78, 5) is 9.63. The minimum Gasteiger partial charge on any atom is -0.497 e.